The number of rotatable bonds is 1. The van der Waals surface area contributed by atoms with E-state index in [0.29, 0.717) is 6.54 Å². The fourth-order valence-electron chi connectivity index (χ4n) is 2.07. The van der Waals surface area contributed by atoms with Gasteiger partial charge in [-0.1, -0.05) is 18.2 Å². The summed E-state index contributed by atoms with van der Waals surface area (Å²) in [5.41, 5.74) is 0.275. The maximum Gasteiger partial charge on any atom is 0.266 e. The molecule has 3 nitrogen and oxygen atoms in total. The largest absolute Gasteiger partial charge is 0.478 e. The molecule has 2 rings (SSSR count). The van der Waals surface area contributed by atoms with Crippen molar-refractivity contribution in [1.29, 1.82) is 0 Å². The summed E-state index contributed by atoms with van der Waals surface area (Å²) in [6.45, 7) is 8.33. The molecule has 0 bridgehead atoms. The van der Waals surface area contributed by atoms with E-state index >= 15 is 0 Å². The summed E-state index contributed by atoms with van der Waals surface area (Å²) in [4.78, 5) is 14.2. The van der Waals surface area contributed by atoms with Gasteiger partial charge in [0.05, 0.1) is 0 Å². The number of carbonyl (C=O) groups is 1. The monoisotopic (exact) mass is 233 g/mol. The van der Waals surface area contributed by atoms with Gasteiger partial charge in [0.25, 0.3) is 5.91 Å². The lowest BCUT2D eigenvalue weighted by molar-refractivity contribution is -0.146. The summed E-state index contributed by atoms with van der Waals surface area (Å²) < 4.78 is 5.85. The number of para-hydroxylation sites is 1. The first-order valence-corrected chi connectivity index (χ1v) is 6.00. The predicted molar refractivity (Wildman–Crippen MR) is 66.8 cm³/mol. The Morgan fingerprint density at radius 3 is 2.59 bits per heavy atom. The molecule has 0 atom stereocenters. The third-order valence-electron chi connectivity index (χ3n) is 3.08. The smallest absolute Gasteiger partial charge is 0.266 e. The molecule has 92 valence electrons. The van der Waals surface area contributed by atoms with Gasteiger partial charge in [-0.15, -0.1) is 0 Å². The second kappa shape index (κ2) is 4.06. The number of hydrogen-bond acceptors (Lipinski definition) is 2. The summed E-state index contributed by atoms with van der Waals surface area (Å²) in [5.74, 6) is 0.859. The average molecular weight is 233 g/mol. The molecule has 0 spiro atoms. The molecule has 0 unspecified atom stereocenters. The molecule has 1 aliphatic rings. The number of nitrogens with zero attached hydrogens (tertiary/aromatic N) is 1. The van der Waals surface area contributed by atoms with Crippen LogP contribution in [-0.2, 0) is 11.3 Å². The molecule has 1 heterocycles. The van der Waals surface area contributed by atoms with Gasteiger partial charge in [0.2, 0.25) is 0 Å². The number of amides is 1. The van der Waals surface area contributed by atoms with E-state index < -0.39 is 5.60 Å². The van der Waals surface area contributed by atoms with Crippen LogP contribution in [-0.4, -0.2) is 22.4 Å². The molecule has 17 heavy (non-hydrogen) atoms. The molecule has 0 N–H and O–H groups in total. The van der Waals surface area contributed by atoms with Crippen molar-refractivity contribution in [2.45, 2.75) is 45.9 Å². The molecule has 0 aliphatic carbocycles. The molecular formula is C14H19NO2. The van der Waals surface area contributed by atoms with Crippen LogP contribution in [0.2, 0.25) is 0 Å². The van der Waals surface area contributed by atoms with E-state index in [1.807, 2.05) is 56.9 Å². The Morgan fingerprint density at radius 1 is 1.29 bits per heavy atom. The number of fused-ring (bicyclic) bond motifs is 1. The van der Waals surface area contributed by atoms with Gasteiger partial charge < -0.3 is 9.64 Å². The SMILES string of the molecule is CC(C)N1Cc2ccccc2OC(C)(C)C1=O. The minimum Gasteiger partial charge on any atom is -0.478 e. The van der Waals surface area contributed by atoms with Gasteiger partial charge in [-0.3, -0.25) is 4.79 Å². The number of carbonyl (C=O) groups excluding carboxylic acids is 1. The van der Waals surface area contributed by atoms with Crippen molar-refractivity contribution < 1.29 is 9.53 Å². The van der Waals surface area contributed by atoms with Gasteiger partial charge in [0.1, 0.15) is 5.75 Å². The maximum absolute atomic E-state index is 12.4. The molecule has 0 fully saturated rings. The first-order chi connectivity index (χ1) is 7.92. The Labute approximate surface area is 102 Å². The van der Waals surface area contributed by atoms with E-state index in [2.05, 4.69) is 0 Å². The number of ether oxygens (including phenoxy) is 1. The molecule has 0 saturated heterocycles. The quantitative estimate of drug-likeness (QED) is 0.746. The van der Waals surface area contributed by atoms with E-state index in [9.17, 15) is 4.79 Å². The fourth-order valence-corrected chi connectivity index (χ4v) is 2.07. The lowest BCUT2D eigenvalue weighted by atomic mass is 10.1. The second-order valence-electron chi connectivity index (χ2n) is 5.25. The van der Waals surface area contributed by atoms with Crippen LogP contribution in [0.5, 0.6) is 5.75 Å². The summed E-state index contributed by atoms with van der Waals surface area (Å²) >= 11 is 0. The van der Waals surface area contributed by atoms with Crippen molar-refractivity contribution in [2.24, 2.45) is 0 Å². The Bertz CT molecular complexity index is 438. The third kappa shape index (κ3) is 2.14. The first kappa shape index (κ1) is 12.0. The van der Waals surface area contributed by atoms with E-state index in [1.165, 1.54) is 0 Å². The van der Waals surface area contributed by atoms with Gasteiger partial charge in [0.15, 0.2) is 5.60 Å². The summed E-state index contributed by atoms with van der Waals surface area (Å²) in [5, 5.41) is 0. The minimum absolute atomic E-state index is 0.0451. The number of benzene rings is 1. The van der Waals surface area contributed by atoms with Crippen LogP contribution in [0.1, 0.15) is 33.3 Å². The molecule has 1 amide bonds. The summed E-state index contributed by atoms with van der Waals surface area (Å²) in [6, 6.07) is 8.03. The molecule has 1 aromatic carbocycles. The van der Waals surface area contributed by atoms with Gasteiger partial charge in [0, 0.05) is 18.2 Å². The zero-order valence-corrected chi connectivity index (χ0v) is 10.9. The van der Waals surface area contributed by atoms with Crippen LogP contribution in [0.3, 0.4) is 0 Å². The highest BCUT2D eigenvalue weighted by Crippen LogP contribution is 2.30. The van der Waals surface area contributed by atoms with E-state index in [4.69, 9.17) is 4.74 Å². The van der Waals surface area contributed by atoms with Crippen molar-refractivity contribution >= 4 is 5.91 Å². The van der Waals surface area contributed by atoms with E-state index in [-0.39, 0.29) is 11.9 Å². The number of hydrogen-bond donors (Lipinski definition) is 0. The van der Waals surface area contributed by atoms with Gasteiger partial charge >= 0.3 is 0 Å². The zero-order valence-electron chi connectivity index (χ0n) is 10.9. The topological polar surface area (TPSA) is 29.5 Å². The predicted octanol–water partition coefficient (Wildman–Crippen LogP) is 2.59. The second-order valence-corrected chi connectivity index (χ2v) is 5.25. The van der Waals surface area contributed by atoms with Crippen molar-refractivity contribution in [3.05, 3.63) is 29.8 Å². The molecular weight excluding hydrogens is 214 g/mol. The van der Waals surface area contributed by atoms with Crippen molar-refractivity contribution in [2.75, 3.05) is 0 Å². The third-order valence-corrected chi connectivity index (χ3v) is 3.08. The Morgan fingerprint density at radius 2 is 1.94 bits per heavy atom. The van der Waals surface area contributed by atoms with Gasteiger partial charge in [-0.25, -0.2) is 0 Å². The molecule has 3 heteroatoms. The van der Waals surface area contributed by atoms with Crippen molar-refractivity contribution in [1.82, 2.24) is 4.90 Å². The normalized spacial score (nSPS) is 18.6. The summed E-state index contributed by atoms with van der Waals surface area (Å²) in [6.07, 6.45) is 0. The van der Waals surface area contributed by atoms with Gasteiger partial charge in [-0.05, 0) is 33.8 Å². The van der Waals surface area contributed by atoms with Gasteiger partial charge in [-0.2, -0.15) is 0 Å². The zero-order chi connectivity index (χ0) is 12.6. The van der Waals surface area contributed by atoms with Crippen LogP contribution >= 0.6 is 0 Å². The first-order valence-electron chi connectivity index (χ1n) is 6.00. The van der Waals surface area contributed by atoms with E-state index in [1.54, 1.807) is 0 Å². The van der Waals surface area contributed by atoms with Crippen LogP contribution in [0.25, 0.3) is 0 Å². The summed E-state index contributed by atoms with van der Waals surface area (Å²) in [7, 11) is 0. The Kier molecular flexibility index (Phi) is 2.86. The highest BCUT2D eigenvalue weighted by atomic mass is 16.5. The Balaban J connectivity index is 2.46. The highest BCUT2D eigenvalue weighted by molar-refractivity contribution is 5.85. The highest BCUT2D eigenvalue weighted by Gasteiger charge is 2.38. The van der Waals surface area contributed by atoms with Crippen molar-refractivity contribution in [3.8, 4) is 5.75 Å². The maximum atomic E-state index is 12.4. The molecule has 0 radical (unpaired) electrons. The Hall–Kier alpha value is -1.51. The van der Waals surface area contributed by atoms with Crippen LogP contribution in [0.15, 0.2) is 24.3 Å². The molecule has 0 aromatic heterocycles. The average Bonchev–Trinajstić information content (AvgIpc) is 2.35. The molecule has 1 aromatic rings. The van der Waals surface area contributed by atoms with Crippen molar-refractivity contribution in [3.63, 3.8) is 0 Å². The fraction of sp³-hybridized carbons (Fsp3) is 0.500. The van der Waals surface area contributed by atoms with E-state index in [0.717, 1.165) is 11.3 Å². The molecule has 1 aliphatic heterocycles. The minimum atomic E-state index is -0.795. The van der Waals surface area contributed by atoms with Crippen LogP contribution < -0.4 is 4.74 Å². The lowest BCUT2D eigenvalue weighted by Gasteiger charge is -2.31. The lowest BCUT2D eigenvalue weighted by Crippen LogP contribution is -2.49. The van der Waals surface area contributed by atoms with Crippen LogP contribution in [0.4, 0.5) is 0 Å². The molecule has 0 saturated carbocycles. The standard InChI is InChI=1S/C14H19NO2/c1-10(2)15-9-11-7-5-6-8-12(11)17-14(3,4)13(15)16/h5-8,10H,9H2,1-4H3. The van der Waals surface area contributed by atoms with Crippen LogP contribution in [0, 0.1) is 0 Å².